The van der Waals surface area contributed by atoms with Gasteiger partial charge in [0.25, 0.3) is 20.0 Å². The number of benzene rings is 2. The summed E-state index contributed by atoms with van der Waals surface area (Å²) in [6.07, 6.45) is 0. The first-order valence-electron chi connectivity index (χ1n) is 8.19. The summed E-state index contributed by atoms with van der Waals surface area (Å²) in [5.74, 6) is -0.207. The van der Waals surface area contributed by atoms with E-state index in [4.69, 9.17) is 23.2 Å². The number of hydrogen-bond donors (Lipinski definition) is 2. The highest BCUT2D eigenvalue weighted by Gasteiger charge is 2.22. The summed E-state index contributed by atoms with van der Waals surface area (Å²) >= 11 is 13.0. The Bertz CT molecular complexity index is 1300. The van der Waals surface area contributed by atoms with Crippen LogP contribution in [0.1, 0.15) is 17.3 Å². The van der Waals surface area contributed by atoms with Crippen LogP contribution in [0.5, 0.6) is 0 Å². The van der Waals surface area contributed by atoms with E-state index in [9.17, 15) is 21.6 Å². The number of anilines is 2. The topological polar surface area (TPSA) is 109 Å². The first-order valence-corrected chi connectivity index (χ1v) is 12.8. The van der Waals surface area contributed by atoms with Gasteiger partial charge in [0.15, 0.2) is 5.78 Å². The van der Waals surface area contributed by atoms with Crippen molar-refractivity contribution in [2.75, 3.05) is 9.44 Å². The molecule has 2 N–H and O–H groups in total. The molecule has 3 aromatic rings. The second-order valence-electron chi connectivity index (χ2n) is 6.04. The summed E-state index contributed by atoms with van der Waals surface area (Å²) in [7, 11) is -8.08. The summed E-state index contributed by atoms with van der Waals surface area (Å²) in [5.41, 5.74) is 0.148. The maximum Gasteiger partial charge on any atom is 0.271 e. The van der Waals surface area contributed by atoms with Gasteiger partial charge in [-0.1, -0.05) is 41.4 Å². The molecule has 7 nitrogen and oxygen atoms in total. The largest absolute Gasteiger partial charge is 0.295 e. The lowest BCUT2D eigenvalue weighted by Gasteiger charge is -2.15. The third-order valence-corrected chi connectivity index (χ3v) is 8.75. The van der Waals surface area contributed by atoms with E-state index in [1.54, 1.807) is 11.4 Å². The molecule has 2 aromatic carbocycles. The van der Waals surface area contributed by atoms with Crippen molar-refractivity contribution in [2.24, 2.45) is 0 Å². The molecule has 0 amide bonds. The monoisotopic (exact) mass is 504 g/mol. The Morgan fingerprint density at radius 3 is 1.87 bits per heavy atom. The lowest BCUT2D eigenvalue weighted by atomic mass is 10.2. The quantitative estimate of drug-likeness (QED) is 0.446. The van der Waals surface area contributed by atoms with E-state index >= 15 is 0 Å². The molecule has 0 bridgehead atoms. The molecule has 0 radical (unpaired) electrons. The molecule has 12 heteroatoms. The van der Waals surface area contributed by atoms with Gasteiger partial charge in [-0.15, -0.1) is 11.3 Å². The minimum absolute atomic E-state index is 0.0281. The standard InChI is InChI=1S/C18H14Cl2N2O5S3/c1-11(23)12-4-6-13(7-5-12)29(24,25)21-16-9-14(19)15(20)10-17(16)22-30(26,27)18-3-2-8-28-18/h2-10,21-22H,1H3. The van der Waals surface area contributed by atoms with Crippen molar-refractivity contribution < 1.29 is 21.6 Å². The van der Waals surface area contributed by atoms with Gasteiger partial charge in [-0.3, -0.25) is 14.2 Å². The second kappa shape index (κ2) is 8.56. The molecule has 1 heterocycles. The maximum absolute atomic E-state index is 12.8. The third kappa shape index (κ3) is 4.96. The van der Waals surface area contributed by atoms with Crippen molar-refractivity contribution in [1.29, 1.82) is 0 Å². The molecule has 0 spiro atoms. The van der Waals surface area contributed by atoms with Gasteiger partial charge >= 0.3 is 0 Å². The predicted molar refractivity (Wildman–Crippen MR) is 119 cm³/mol. The predicted octanol–water partition coefficient (Wildman–Crippen LogP) is 4.86. The van der Waals surface area contributed by atoms with Crippen LogP contribution in [0, 0.1) is 0 Å². The fourth-order valence-electron chi connectivity index (χ4n) is 2.40. The third-order valence-electron chi connectivity index (χ3n) is 3.88. The van der Waals surface area contributed by atoms with Gasteiger partial charge in [0, 0.05) is 5.56 Å². The van der Waals surface area contributed by atoms with Crippen LogP contribution in [0.2, 0.25) is 10.0 Å². The highest BCUT2D eigenvalue weighted by Crippen LogP contribution is 2.35. The molecule has 0 aliphatic heterocycles. The Morgan fingerprint density at radius 2 is 1.40 bits per heavy atom. The number of nitrogens with one attached hydrogen (secondary N) is 2. The van der Waals surface area contributed by atoms with Gasteiger partial charge in [0.05, 0.1) is 26.3 Å². The molecule has 30 heavy (non-hydrogen) atoms. The van der Waals surface area contributed by atoms with E-state index in [0.717, 1.165) is 11.3 Å². The lowest BCUT2D eigenvalue weighted by Crippen LogP contribution is -2.17. The molecular formula is C18H14Cl2N2O5S3. The highest BCUT2D eigenvalue weighted by atomic mass is 35.5. The van der Waals surface area contributed by atoms with Crippen LogP contribution < -0.4 is 9.44 Å². The van der Waals surface area contributed by atoms with Gasteiger partial charge in [-0.25, -0.2) is 16.8 Å². The molecule has 1 aromatic heterocycles. The number of hydrogen-bond acceptors (Lipinski definition) is 6. The van der Waals surface area contributed by atoms with Crippen LogP contribution in [0.15, 0.2) is 63.0 Å². The van der Waals surface area contributed by atoms with Crippen molar-refractivity contribution in [3.8, 4) is 0 Å². The Morgan fingerprint density at radius 1 is 0.867 bits per heavy atom. The molecule has 0 unspecified atom stereocenters. The second-order valence-corrected chi connectivity index (χ2v) is 11.4. The first kappa shape index (κ1) is 22.6. The molecule has 0 aliphatic rings. The van der Waals surface area contributed by atoms with E-state index in [2.05, 4.69) is 9.44 Å². The van der Waals surface area contributed by atoms with E-state index in [0.29, 0.717) is 5.56 Å². The van der Waals surface area contributed by atoms with Crippen LogP contribution in [0.25, 0.3) is 0 Å². The number of carbonyl (C=O) groups is 1. The lowest BCUT2D eigenvalue weighted by molar-refractivity contribution is 0.101. The minimum atomic E-state index is -4.11. The molecule has 158 valence electrons. The smallest absolute Gasteiger partial charge is 0.271 e. The van der Waals surface area contributed by atoms with Crippen molar-refractivity contribution in [2.45, 2.75) is 16.0 Å². The molecular weight excluding hydrogens is 491 g/mol. The zero-order chi connectivity index (χ0) is 22.1. The SMILES string of the molecule is CC(=O)c1ccc(S(=O)(=O)Nc2cc(Cl)c(Cl)cc2NS(=O)(=O)c2cccs2)cc1. The fraction of sp³-hybridized carbons (Fsp3) is 0.0556. The average Bonchev–Trinajstić information content (AvgIpc) is 3.21. The molecule has 0 aliphatic carbocycles. The van der Waals surface area contributed by atoms with Crippen molar-refractivity contribution in [1.82, 2.24) is 0 Å². The normalized spacial score (nSPS) is 11.8. The summed E-state index contributed by atoms with van der Waals surface area (Å²) in [4.78, 5) is 11.3. The number of ketones is 1. The van der Waals surface area contributed by atoms with E-state index in [1.807, 2.05) is 0 Å². The van der Waals surface area contributed by atoms with E-state index < -0.39 is 20.0 Å². The Balaban J connectivity index is 1.99. The summed E-state index contributed by atoms with van der Waals surface area (Å²) in [6, 6.07) is 10.7. The number of carbonyl (C=O) groups excluding carboxylic acids is 1. The Kier molecular flexibility index (Phi) is 6.44. The summed E-state index contributed by atoms with van der Waals surface area (Å²) in [6.45, 7) is 1.36. The van der Waals surface area contributed by atoms with Crippen LogP contribution in [-0.2, 0) is 20.0 Å². The molecule has 0 atom stereocenters. The van der Waals surface area contributed by atoms with Crippen LogP contribution in [0.4, 0.5) is 11.4 Å². The van der Waals surface area contributed by atoms with Gasteiger partial charge in [-0.05, 0) is 42.6 Å². The van der Waals surface area contributed by atoms with Gasteiger partial charge in [0.1, 0.15) is 4.21 Å². The minimum Gasteiger partial charge on any atom is -0.295 e. The Labute approximate surface area is 187 Å². The average molecular weight is 505 g/mol. The summed E-state index contributed by atoms with van der Waals surface area (Å²) < 4.78 is 55.4. The van der Waals surface area contributed by atoms with Crippen molar-refractivity contribution in [3.05, 3.63) is 69.5 Å². The van der Waals surface area contributed by atoms with Crippen molar-refractivity contribution in [3.63, 3.8) is 0 Å². The number of sulfonamides is 2. The van der Waals surface area contributed by atoms with Crippen LogP contribution >= 0.6 is 34.5 Å². The van der Waals surface area contributed by atoms with Gasteiger partial charge < -0.3 is 0 Å². The number of Topliss-reactive ketones (excluding diaryl/α,β-unsaturated/α-hetero) is 1. The Hall–Kier alpha value is -2.11. The van der Waals surface area contributed by atoms with E-state index in [-0.39, 0.29) is 36.3 Å². The maximum atomic E-state index is 12.8. The van der Waals surface area contributed by atoms with E-state index in [1.165, 1.54) is 49.4 Å². The molecule has 3 rings (SSSR count). The zero-order valence-corrected chi connectivity index (χ0v) is 19.2. The number of rotatable bonds is 7. The fourth-order valence-corrected chi connectivity index (χ4v) is 5.86. The van der Waals surface area contributed by atoms with Crippen LogP contribution in [0.3, 0.4) is 0 Å². The molecule has 0 saturated heterocycles. The van der Waals surface area contributed by atoms with Gasteiger partial charge in [0.2, 0.25) is 0 Å². The molecule has 0 saturated carbocycles. The van der Waals surface area contributed by atoms with Gasteiger partial charge in [-0.2, -0.15) is 0 Å². The number of halogens is 2. The van der Waals surface area contributed by atoms with Crippen LogP contribution in [-0.4, -0.2) is 22.6 Å². The first-order chi connectivity index (χ1) is 14.0. The number of thiophene rings is 1. The molecule has 0 fully saturated rings. The summed E-state index contributed by atoms with van der Waals surface area (Å²) in [5, 5.41) is 1.66. The van der Waals surface area contributed by atoms with Crippen molar-refractivity contribution >= 4 is 71.7 Å². The zero-order valence-electron chi connectivity index (χ0n) is 15.2. The highest BCUT2D eigenvalue weighted by molar-refractivity contribution is 7.94.